The van der Waals surface area contributed by atoms with Gasteiger partial charge in [-0.2, -0.15) is 5.26 Å². The Labute approximate surface area is 160 Å². The lowest BCUT2D eigenvalue weighted by atomic mass is 9.99. The number of benzene rings is 2. The van der Waals surface area contributed by atoms with Crippen LogP contribution < -0.4 is 14.8 Å². The first-order valence-electron chi connectivity index (χ1n) is 8.97. The summed E-state index contributed by atoms with van der Waals surface area (Å²) in [5, 5.41) is 11.9. The third kappa shape index (κ3) is 4.50. The molecule has 0 bridgehead atoms. The molecular formula is C21H24N4O2. The van der Waals surface area contributed by atoms with Crippen molar-refractivity contribution in [3.05, 3.63) is 59.2 Å². The number of hydrogen-bond acceptors (Lipinski definition) is 4. The molecular weight excluding hydrogens is 340 g/mol. The summed E-state index contributed by atoms with van der Waals surface area (Å²) < 4.78 is 10.8. The summed E-state index contributed by atoms with van der Waals surface area (Å²) in [5.41, 5.74) is 3.64. The molecule has 6 heteroatoms. The van der Waals surface area contributed by atoms with Crippen LogP contribution in [0, 0.1) is 11.5 Å². The highest BCUT2D eigenvalue weighted by molar-refractivity contribution is 5.81. The number of guanidine groups is 1. The van der Waals surface area contributed by atoms with Gasteiger partial charge in [0, 0.05) is 19.6 Å². The average Bonchev–Trinajstić information content (AvgIpc) is 2.72. The lowest BCUT2D eigenvalue weighted by molar-refractivity contribution is 0.346. The molecule has 0 aliphatic carbocycles. The van der Waals surface area contributed by atoms with Crippen LogP contribution in [-0.4, -0.2) is 38.2 Å². The molecule has 140 valence electrons. The van der Waals surface area contributed by atoms with E-state index in [-0.39, 0.29) is 0 Å². The minimum atomic E-state index is 0.619. The van der Waals surface area contributed by atoms with Gasteiger partial charge in [0.05, 0.1) is 14.2 Å². The van der Waals surface area contributed by atoms with Crippen molar-refractivity contribution in [1.29, 1.82) is 5.26 Å². The third-order valence-corrected chi connectivity index (χ3v) is 4.69. The van der Waals surface area contributed by atoms with Crippen molar-refractivity contribution < 1.29 is 9.47 Å². The van der Waals surface area contributed by atoms with Crippen LogP contribution in [0.25, 0.3) is 0 Å². The van der Waals surface area contributed by atoms with Gasteiger partial charge in [-0.1, -0.05) is 30.3 Å². The van der Waals surface area contributed by atoms with Crippen LogP contribution in [0.2, 0.25) is 0 Å². The van der Waals surface area contributed by atoms with Crippen molar-refractivity contribution in [2.75, 3.05) is 27.3 Å². The molecule has 0 saturated heterocycles. The predicted octanol–water partition coefficient (Wildman–Crippen LogP) is 2.73. The van der Waals surface area contributed by atoms with Gasteiger partial charge in [-0.25, -0.2) is 0 Å². The molecule has 1 heterocycles. The van der Waals surface area contributed by atoms with Gasteiger partial charge in [-0.05, 0) is 41.7 Å². The van der Waals surface area contributed by atoms with E-state index >= 15 is 0 Å². The van der Waals surface area contributed by atoms with E-state index in [4.69, 9.17) is 14.7 Å². The molecule has 0 atom stereocenters. The molecule has 1 aliphatic heterocycles. The Morgan fingerprint density at radius 3 is 2.52 bits per heavy atom. The van der Waals surface area contributed by atoms with Crippen LogP contribution in [0.1, 0.15) is 16.7 Å². The van der Waals surface area contributed by atoms with E-state index in [2.05, 4.69) is 27.3 Å². The zero-order valence-corrected chi connectivity index (χ0v) is 15.7. The Balaban J connectivity index is 1.73. The maximum atomic E-state index is 9.12. The fourth-order valence-corrected chi connectivity index (χ4v) is 3.27. The Hall–Kier alpha value is -3.20. The van der Waals surface area contributed by atoms with E-state index in [0.717, 1.165) is 30.7 Å². The SMILES string of the molecule is COc1cc2c(cc1OC)CN(C(=NCCc1ccccc1)NC#N)CC2. The van der Waals surface area contributed by atoms with Crippen molar-refractivity contribution >= 4 is 5.96 Å². The molecule has 0 amide bonds. The first-order chi connectivity index (χ1) is 13.2. The van der Waals surface area contributed by atoms with E-state index in [0.29, 0.717) is 24.8 Å². The van der Waals surface area contributed by atoms with Crippen molar-refractivity contribution in [2.45, 2.75) is 19.4 Å². The second kappa shape index (κ2) is 8.95. The summed E-state index contributed by atoms with van der Waals surface area (Å²) >= 11 is 0. The van der Waals surface area contributed by atoms with Gasteiger partial charge in [0.1, 0.15) is 0 Å². The first kappa shape index (κ1) is 18.6. The minimum absolute atomic E-state index is 0.619. The smallest absolute Gasteiger partial charge is 0.207 e. The number of nitrogens with zero attached hydrogens (tertiary/aromatic N) is 3. The highest BCUT2D eigenvalue weighted by Crippen LogP contribution is 2.33. The number of rotatable bonds is 5. The zero-order valence-electron chi connectivity index (χ0n) is 15.7. The Morgan fingerprint density at radius 1 is 1.15 bits per heavy atom. The van der Waals surface area contributed by atoms with Crippen molar-refractivity contribution in [3.8, 4) is 17.7 Å². The van der Waals surface area contributed by atoms with Gasteiger partial charge < -0.3 is 14.4 Å². The van der Waals surface area contributed by atoms with Gasteiger partial charge >= 0.3 is 0 Å². The average molecular weight is 364 g/mol. The van der Waals surface area contributed by atoms with Crippen LogP contribution in [-0.2, 0) is 19.4 Å². The summed E-state index contributed by atoms with van der Waals surface area (Å²) in [7, 11) is 3.28. The maximum Gasteiger partial charge on any atom is 0.207 e. The summed E-state index contributed by atoms with van der Waals surface area (Å²) in [4.78, 5) is 6.73. The predicted molar refractivity (Wildman–Crippen MR) is 105 cm³/mol. The molecule has 0 aromatic heterocycles. The molecule has 1 N–H and O–H groups in total. The van der Waals surface area contributed by atoms with Crippen LogP contribution in [0.15, 0.2) is 47.5 Å². The van der Waals surface area contributed by atoms with Crippen molar-refractivity contribution in [1.82, 2.24) is 10.2 Å². The largest absolute Gasteiger partial charge is 0.493 e. The highest BCUT2D eigenvalue weighted by Gasteiger charge is 2.21. The molecule has 0 saturated carbocycles. The van der Waals surface area contributed by atoms with E-state index in [1.807, 2.05) is 36.5 Å². The number of fused-ring (bicyclic) bond motifs is 1. The quantitative estimate of drug-likeness (QED) is 0.382. The maximum absolute atomic E-state index is 9.12. The van der Waals surface area contributed by atoms with Gasteiger partial charge in [0.2, 0.25) is 5.96 Å². The number of nitriles is 1. The molecule has 2 aromatic carbocycles. The molecule has 6 nitrogen and oxygen atoms in total. The van der Waals surface area contributed by atoms with Crippen LogP contribution in [0.3, 0.4) is 0 Å². The van der Waals surface area contributed by atoms with E-state index in [1.165, 1.54) is 11.1 Å². The van der Waals surface area contributed by atoms with Gasteiger partial charge in [0.25, 0.3) is 0 Å². The van der Waals surface area contributed by atoms with Gasteiger partial charge in [0.15, 0.2) is 17.7 Å². The molecule has 0 spiro atoms. The van der Waals surface area contributed by atoms with E-state index in [9.17, 15) is 0 Å². The number of aliphatic imine (C=N–C) groups is 1. The minimum Gasteiger partial charge on any atom is -0.493 e. The van der Waals surface area contributed by atoms with Crippen LogP contribution >= 0.6 is 0 Å². The Kier molecular flexibility index (Phi) is 6.16. The normalized spacial score (nSPS) is 13.5. The highest BCUT2D eigenvalue weighted by atomic mass is 16.5. The molecule has 27 heavy (non-hydrogen) atoms. The molecule has 0 unspecified atom stereocenters. The third-order valence-electron chi connectivity index (χ3n) is 4.69. The molecule has 1 aliphatic rings. The molecule has 3 rings (SSSR count). The molecule has 0 fully saturated rings. The second-order valence-electron chi connectivity index (χ2n) is 6.33. The number of ether oxygens (including phenoxy) is 2. The van der Waals surface area contributed by atoms with Crippen molar-refractivity contribution in [2.24, 2.45) is 4.99 Å². The Morgan fingerprint density at radius 2 is 1.85 bits per heavy atom. The van der Waals surface area contributed by atoms with Gasteiger partial charge in [-0.15, -0.1) is 0 Å². The lowest BCUT2D eigenvalue weighted by Crippen LogP contribution is -2.42. The van der Waals surface area contributed by atoms with Crippen LogP contribution in [0.4, 0.5) is 0 Å². The number of methoxy groups -OCH3 is 2. The molecule has 2 aromatic rings. The summed E-state index contributed by atoms with van der Waals surface area (Å²) in [5.74, 6) is 2.08. The second-order valence-corrected chi connectivity index (χ2v) is 6.33. The molecule has 0 radical (unpaired) electrons. The summed E-state index contributed by atoms with van der Waals surface area (Å²) in [6, 6.07) is 14.3. The summed E-state index contributed by atoms with van der Waals surface area (Å²) in [6.07, 6.45) is 3.71. The fourth-order valence-electron chi connectivity index (χ4n) is 3.27. The zero-order chi connectivity index (χ0) is 19.1. The van der Waals surface area contributed by atoms with Gasteiger partial charge in [-0.3, -0.25) is 10.3 Å². The first-order valence-corrected chi connectivity index (χ1v) is 8.97. The van der Waals surface area contributed by atoms with E-state index in [1.54, 1.807) is 14.2 Å². The topological polar surface area (TPSA) is 69.9 Å². The lowest BCUT2D eigenvalue weighted by Gasteiger charge is -2.31. The fraction of sp³-hybridized carbons (Fsp3) is 0.333. The number of nitrogens with one attached hydrogen (secondary N) is 1. The standard InChI is InChI=1S/C21H24N4O2/c1-26-19-12-17-9-11-25(14-18(17)13-20(19)27-2)21(24-15-22)23-10-8-16-6-4-3-5-7-16/h3-7,12-13H,8-11,14H2,1-2H3,(H,23,24). The monoisotopic (exact) mass is 364 g/mol. The number of hydrogen-bond donors (Lipinski definition) is 1. The summed E-state index contributed by atoms with van der Waals surface area (Å²) in [6.45, 7) is 2.10. The van der Waals surface area contributed by atoms with Crippen LogP contribution in [0.5, 0.6) is 11.5 Å². The van der Waals surface area contributed by atoms with Crippen molar-refractivity contribution in [3.63, 3.8) is 0 Å². The van der Waals surface area contributed by atoms with E-state index < -0.39 is 0 Å². The Bertz CT molecular complexity index is 843.